The molecule has 0 saturated carbocycles. The maximum atomic E-state index is 5.58. The molecule has 2 N–H and O–H groups in total. The standard InChI is InChI=1S/C20H31N3S/c1-4-8-23-18-6-5-7-19(23)13-17(12-18)22-20(24)21-16-10-14(2)9-15(3)11-16/h9-11,17-19H,4-8,12-13H2,1-3H3,(H2,21,22,24)/t17?,18-,19+. The molecule has 132 valence electrons. The number of nitrogens with one attached hydrogen (secondary N) is 2. The van der Waals surface area contributed by atoms with E-state index in [0.29, 0.717) is 6.04 Å². The highest BCUT2D eigenvalue weighted by molar-refractivity contribution is 7.80. The zero-order valence-corrected chi connectivity index (χ0v) is 16.1. The fourth-order valence-electron chi connectivity index (χ4n) is 4.62. The molecule has 2 fully saturated rings. The second-order valence-corrected chi connectivity index (χ2v) is 8.03. The molecule has 0 aromatic heterocycles. The second-order valence-electron chi connectivity index (χ2n) is 7.62. The Labute approximate surface area is 152 Å². The number of benzene rings is 1. The minimum Gasteiger partial charge on any atom is -0.360 e. The third-order valence-electron chi connectivity index (χ3n) is 5.42. The summed E-state index contributed by atoms with van der Waals surface area (Å²) in [6.45, 7) is 7.80. The molecule has 2 aliphatic heterocycles. The van der Waals surface area contributed by atoms with Crippen LogP contribution in [0.3, 0.4) is 0 Å². The highest BCUT2D eigenvalue weighted by Gasteiger charge is 2.37. The Bertz CT molecular complexity index is 552. The molecular formula is C20H31N3S. The van der Waals surface area contributed by atoms with E-state index < -0.39 is 0 Å². The van der Waals surface area contributed by atoms with E-state index in [0.717, 1.165) is 22.9 Å². The van der Waals surface area contributed by atoms with Crippen LogP contribution < -0.4 is 10.6 Å². The smallest absolute Gasteiger partial charge is 0.170 e. The molecule has 1 aromatic carbocycles. The number of aryl methyl sites for hydroxylation is 2. The lowest BCUT2D eigenvalue weighted by molar-refractivity contribution is 0.0284. The molecule has 3 atom stereocenters. The third kappa shape index (κ3) is 4.28. The van der Waals surface area contributed by atoms with Gasteiger partial charge in [0.15, 0.2) is 5.11 Å². The zero-order chi connectivity index (χ0) is 17.1. The maximum absolute atomic E-state index is 5.58. The van der Waals surface area contributed by atoms with Gasteiger partial charge in [-0.2, -0.15) is 0 Å². The van der Waals surface area contributed by atoms with Crippen LogP contribution in [0, 0.1) is 13.8 Å². The first-order valence-corrected chi connectivity index (χ1v) is 9.87. The van der Waals surface area contributed by atoms with Gasteiger partial charge in [-0.25, -0.2) is 0 Å². The molecule has 2 saturated heterocycles. The predicted octanol–water partition coefficient (Wildman–Crippen LogP) is 4.39. The normalized spacial score (nSPS) is 26.9. The van der Waals surface area contributed by atoms with Gasteiger partial charge in [-0.15, -0.1) is 0 Å². The summed E-state index contributed by atoms with van der Waals surface area (Å²) in [4.78, 5) is 2.77. The van der Waals surface area contributed by atoms with E-state index in [2.05, 4.69) is 54.5 Å². The molecule has 0 radical (unpaired) electrons. The van der Waals surface area contributed by atoms with E-state index >= 15 is 0 Å². The van der Waals surface area contributed by atoms with Crippen molar-refractivity contribution < 1.29 is 0 Å². The van der Waals surface area contributed by atoms with Gasteiger partial charge >= 0.3 is 0 Å². The topological polar surface area (TPSA) is 27.3 Å². The van der Waals surface area contributed by atoms with Crippen LogP contribution in [0.1, 0.15) is 56.6 Å². The van der Waals surface area contributed by atoms with Crippen molar-refractivity contribution in [3.8, 4) is 0 Å². The number of piperidine rings is 2. The number of anilines is 1. The fourth-order valence-corrected chi connectivity index (χ4v) is 4.90. The van der Waals surface area contributed by atoms with Crippen molar-refractivity contribution in [2.75, 3.05) is 11.9 Å². The Kier molecular flexibility index (Phi) is 5.77. The zero-order valence-electron chi connectivity index (χ0n) is 15.3. The molecule has 2 aliphatic rings. The van der Waals surface area contributed by atoms with Crippen molar-refractivity contribution in [1.29, 1.82) is 0 Å². The summed E-state index contributed by atoms with van der Waals surface area (Å²) < 4.78 is 0. The van der Waals surface area contributed by atoms with Gasteiger partial charge in [0.25, 0.3) is 0 Å². The molecule has 0 amide bonds. The Morgan fingerprint density at radius 2 is 1.75 bits per heavy atom. The molecule has 3 nitrogen and oxygen atoms in total. The van der Waals surface area contributed by atoms with Crippen LogP contribution in [-0.4, -0.2) is 34.7 Å². The van der Waals surface area contributed by atoms with E-state index in [1.807, 2.05) is 0 Å². The lowest BCUT2D eigenvalue weighted by atomic mass is 9.81. The average molecular weight is 346 g/mol. The van der Waals surface area contributed by atoms with Gasteiger partial charge in [0.05, 0.1) is 0 Å². The van der Waals surface area contributed by atoms with Gasteiger partial charge < -0.3 is 10.6 Å². The van der Waals surface area contributed by atoms with Gasteiger partial charge in [0, 0.05) is 23.8 Å². The lowest BCUT2D eigenvalue weighted by Gasteiger charge is -2.49. The van der Waals surface area contributed by atoms with Crippen LogP contribution in [-0.2, 0) is 0 Å². The highest BCUT2D eigenvalue weighted by Crippen LogP contribution is 2.34. The third-order valence-corrected chi connectivity index (χ3v) is 5.64. The van der Waals surface area contributed by atoms with E-state index in [1.165, 1.54) is 56.2 Å². The monoisotopic (exact) mass is 345 g/mol. The van der Waals surface area contributed by atoms with E-state index in [-0.39, 0.29) is 0 Å². The van der Waals surface area contributed by atoms with Crippen molar-refractivity contribution >= 4 is 23.0 Å². The predicted molar refractivity (Wildman–Crippen MR) is 107 cm³/mol. The highest BCUT2D eigenvalue weighted by atomic mass is 32.1. The summed E-state index contributed by atoms with van der Waals surface area (Å²) in [5.41, 5.74) is 3.62. The van der Waals surface area contributed by atoms with Gasteiger partial charge in [-0.3, -0.25) is 4.90 Å². The van der Waals surface area contributed by atoms with Gasteiger partial charge in [0.2, 0.25) is 0 Å². The molecule has 0 aliphatic carbocycles. The first-order valence-electron chi connectivity index (χ1n) is 9.46. The molecule has 4 heteroatoms. The van der Waals surface area contributed by atoms with Crippen molar-refractivity contribution in [2.45, 2.75) is 77.4 Å². The second kappa shape index (κ2) is 7.83. The Morgan fingerprint density at radius 1 is 1.12 bits per heavy atom. The molecular weight excluding hydrogens is 314 g/mol. The van der Waals surface area contributed by atoms with Crippen LogP contribution in [0.25, 0.3) is 0 Å². The number of fused-ring (bicyclic) bond motifs is 2. The summed E-state index contributed by atoms with van der Waals surface area (Å²) in [6, 6.07) is 8.50. The van der Waals surface area contributed by atoms with Crippen molar-refractivity contribution in [3.05, 3.63) is 29.3 Å². The van der Waals surface area contributed by atoms with Crippen LogP contribution >= 0.6 is 12.2 Å². The van der Waals surface area contributed by atoms with Crippen LogP contribution in [0.5, 0.6) is 0 Å². The minimum atomic E-state index is 0.513. The summed E-state index contributed by atoms with van der Waals surface area (Å²) in [5.74, 6) is 0. The summed E-state index contributed by atoms with van der Waals surface area (Å²) >= 11 is 5.58. The number of thiocarbonyl (C=S) groups is 1. The molecule has 24 heavy (non-hydrogen) atoms. The Morgan fingerprint density at radius 3 is 2.33 bits per heavy atom. The first kappa shape index (κ1) is 17.7. The van der Waals surface area contributed by atoms with Crippen molar-refractivity contribution in [3.63, 3.8) is 0 Å². The van der Waals surface area contributed by atoms with Gasteiger partial charge in [0.1, 0.15) is 0 Å². The number of hydrogen-bond donors (Lipinski definition) is 2. The van der Waals surface area contributed by atoms with E-state index in [4.69, 9.17) is 12.2 Å². The number of hydrogen-bond acceptors (Lipinski definition) is 2. The minimum absolute atomic E-state index is 0.513. The summed E-state index contributed by atoms with van der Waals surface area (Å²) in [6.07, 6.45) is 7.82. The van der Waals surface area contributed by atoms with Crippen LogP contribution in [0.15, 0.2) is 18.2 Å². The molecule has 1 unspecified atom stereocenters. The SMILES string of the molecule is CCCN1[C@@H]2CCC[C@H]1CC(NC(=S)Nc1cc(C)cc(C)c1)C2. The summed E-state index contributed by atoms with van der Waals surface area (Å²) in [7, 11) is 0. The van der Waals surface area contributed by atoms with Gasteiger partial charge in [-0.05, 0) is 88.0 Å². The number of rotatable bonds is 4. The number of nitrogens with zero attached hydrogens (tertiary/aromatic N) is 1. The summed E-state index contributed by atoms with van der Waals surface area (Å²) in [5, 5.41) is 7.74. The Hall–Kier alpha value is -1.13. The molecule has 0 spiro atoms. The van der Waals surface area contributed by atoms with Crippen LogP contribution in [0.4, 0.5) is 5.69 Å². The van der Waals surface area contributed by atoms with E-state index in [9.17, 15) is 0 Å². The maximum Gasteiger partial charge on any atom is 0.170 e. The average Bonchev–Trinajstić information content (AvgIpc) is 2.47. The molecule has 3 rings (SSSR count). The Balaban J connectivity index is 1.57. The molecule has 1 aromatic rings. The largest absolute Gasteiger partial charge is 0.360 e. The molecule has 2 heterocycles. The van der Waals surface area contributed by atoms with Crippen LogP contribution in [0.2, 0.25) is 0 Å². The van der Waals surface area contributed by atoms with Crippen molar-refractivity contribution in [1.82, 2.24) is 10.2 Å². The lowest BCUT2D eigenvalue weighted by Crippen LogP contribution is -2.57. The fraction of sp³-hybridized carbons (Fsp3) is 0.650. The van der Waals surface area contributed by atoms with Gasteiger partial charge in [-0.1, -0.05) is 19.4 Å². The quantitative estimate of drug-likeness (QED) is 0.792. The first-order chi connectivity index (χ1) is 11.5. The molecule has 2 bridgehead atoms. The van der Waals surface area contributed by atoms with Crippen molar-refractivity contribution in [2.24, 2.45) is 0 Å². The van der Waals surface area contributed by atoms with E-state index in [1.54, 1.807) is 0 Å².